The number of hydrogen-bond acceptors (Lipinski definition) is 2. The molecule has 0 spiro atoms. The minimum atomic E-state index is -0.121. The Morgan fingerprint density at radius 1 is 1.05 bits per heavy atom. The summed E-state index contributed by atoms with van der Waals surface area (Å²) in [7, 11) is 0. The van der Waals surface area contributed by atoms with E-state index in [2.05, 4.69) is 0 Å². The van der Waals surface area contributed by atoms with Gasteiger partial charge in [0.05, 0.1) is 6.61 Å². The highest BCUT2D eigenvalue weighted by atomic mass is 35.5. The highest BCUT2D eigenvalue weighted by Crippen LogP contribution is 2.30. The van der Waals surface area contributed by atoms with Gasteiger partial charge in [-0.05, 0) is 48.4 Å². The van der Waals surface area contributed by atoms with Crippen molar-refractivity contribution in [3.8, 4) is 11.5 Å². The molecule has 0 aliphatic carbocycles. The first-order valence-electron chi connectivity index (χ1n) is 5.99. The topological polar surface area (TPSA) is 29.5 Å². The first-order valence-corrected chi connectivity index (χ1v) is 6.75. The van der Waals surface area contributed by atoms with Crippen LogP contribution in [0.15, 0.2) is 36.4 Å². The minimum absolute atomic E-state index is 0.121. The normalized spacial score (nSPS) is 10.5. The number of aryl methyl sites for hydroxylation is 1. The maximum Gasteiger partial charge on any atom is 0.133 e. The minimum Gasteiger partial charge on any atom is -0.457 e. The summed E-state index contributed by atoms with van der Waals surface area (Å²) < 4.78 is 5.78. The lowest BCUT2D eigenvalue weighted by Crippen LogP contribution is -1.93. The zero-order valence-electron chi connectivity index (χ0n) is 10.5. The van der Waals surface area contributed by atoms with Crippen LogP contribution in [0.25, 0.3) is 0 Å². The highest BCUT2D eigenvalue weighted by molar-refractivity contribution is 6.31. The molecule has 2 rings (SSSR count). The summed E-state index contributed by atoms with van der Waals surface area (Å²) in [4.78, 5) is 0. The third-order valence-corrected chi connectivity index (χ3v) is 3.42. The molecule has 2 nitrogen and oxygen atoms in total. The summed E-state index contributed by atoms with van der Waals surface area (Å²) >= 11 is 11.9. The van der Waals surface area contributed by atoms with E-state index in [0.29, 0.717) is 22.1 Å². The first kappa shape index (κ1) is 14.2. The van der Waals surface area contributed by atoms with Gasteiger partial charge < -0.3 is 9.84 Å². The molecular formula is C15H14Cl2O2. The van der Waals surface area contributed by atoms with Crippen LogP contribution in [0.3, 0.4) is 0 Å². The lowest BCUT2D eigenvalue weighted by molar-refractivity contribution is 0.276. The Labute approximate surface area is 122 Å². The van der Waals surface area contributed by atoms with E-state index in [1.54, 1.807) is 24.3 Å². The van der Waals surface area contributed by atoms with Crippen molar-refractivity contribution in [1.29, 1.82) is 0 Å². The number of rotatable bonds is 4. The lowest BCUT2D eigenvalue weighted by atomic mass is 10.1. The van der Waals surface area contributed by atoms with Crippen LogP contribution in [-0.4, -0.2) is 5.11 Å². The SMILES string of the molecule is CCc1cc(Oc2ccc(Cl)cc2CO)ccc1Cl. The average molecular weight is 297 g/mol. The summed E-state index contributed by atoms with van der Waals surface area (Å²) in [5.74, 6) is 1.29. The van der Waals surface area contributed by atoms with E-state index in [0.717, 1.165) is 17.0 Å². The van der Waals surface area contributed by atoms with Crippen LogP contribution in [0.2, 0.25) is 10.0 Å². The van der Waals surface area contributed by atoms with Gasteiger partial charge in [-0.3, -0.25) is 0 Å². The molecule has 0 aromatic heterocycles. The van der Waals surface area contributed by atoms with Gasteiger partial charge in [0.15, 0.2) is 0 Å². The van der Waals surface area contributed by atoms with Crippen LogP contribution in [0.1, 0.15) is 18.1 Å². The van der Waals surface area contributed by atoms with Gasteiger partial charge in [-0.25, -0.2) is 0 Å². The van der Waals surface area contributed by atoms with E-state index in [1.165, 1.54) is 0 Å². The molecule has 2 aromatic rings. The molecule has 0 bridgehead atoms. The van der Waals surface area contributed by atoms with E-state index in [1.807, 2.05) is 19.1 Å². The van der Waals surface area contributed by atoms with E-state index < -0.39 is 0 Å². The number of aliphatic hydroxyl groups excluding tert-OH is 1. The quantitative estimate of drug-likeness (QED) is 0.875. The number of aliphatic hydroxyl groups is 1. The van der Waals surface area contributed by atoms with Crippen molar-refractivity contribution >= 4 is 23.2 Å². The van der Waals surface area contributed by atoms with Crippen molar-refractivity contribution in [3.05, 3.63) is 57.6 Å². The first-order chi connectivity index (χ1) is 9.13. The second-order valence-corrected chi connectivity index (χ2v) is 4.96. The van der Waals surface area contributed by atoms with Crippen molar-refractivity contribution in [2.24, 2.45) is 0 Å². The number of halogens is 2. The van der Waals surface area contributed by atoms with Crippen LogP contribution >= 0.6 is 23.2 Å². The Bertz CT molecular complexity index is 582. The largest absolute Gasteiger partial charge is 0.457 e. The molecule has 0 saturated heterocycles. The predicted molar refractivity (Wildman–Crippen MR) is 78.3 cm³/mol. The number of hydrogen-bond donors (Lipinski definition) is 1. The second kappa shape index (κ2) is 6.29. The predicted octanol–water partition coefficient (Wildman–Crippen LogP) is 4.84. The Balaban J connectivity index is 2.30. The molecule has 0 radical (unpaired) electrons. The number of ether oxygens (including phenoxy) is 1. The average Bonchev–Trinajstić information content (AvgIpc) is 2.42. The van der Waals surface area contributed by atoms with Crippen LogP contribution in [0.5, 0.6) is 11.5 Å². The fourth-order valence-electron chi connectivity index (χ4n) is 1.78. The molecule has 0 aliphatic heterocycles. The van der Waals surface area contributed by atoms with Gasteiger partial charge in [0.2, 0.25) is 0 Å². The third kappa shape index (κ3) is 3.41. The molecule has 4 heteroatoms. The molecule has 0 heterocycles. The smallest absolute Gasteiger partial charge is 0.133 e. The van der Waals surface area contributed by atoms with Crippen molar-refractivity contribution < 1.29 is 9.84 Å². The summed E-state index contributed by atoms with van der Waals surface area (Å²) in [6.07, 6.45) is 0.837. The summed E-state index contributed by atoms with van der Waals surface area (Å²) in [6, 6.07) is 10.7. The Morgan fingerprint density at radius 3 is 2.53 bits per heavy atom. The van der Waals surface area contributed by atoms with Gasteiger partial charge in [0.1, 0.15) is 11.5 Å². The molecule has 2 aromatic carbocycles. The van der Waals surface area contributed by atoms with E-state index in [4.69, 9.17) is 27.9 Å². The van der Waals surface area contributed by atoms with Crippen LogP contribution in [0.4, 0.5) is 0 Å². The second-order valence-electron chi connectivity index (χ2n) is 4.12. The van der Waals surface area contributed by atoms with Crippen molar-refractivity contribution in [2.45, 2.75) is 20.0 Å². The number of benzene rings is 2. The fraction of sp³-hybridized carbons (Fsp3) is 0.200. The van der Waals surface area contributed by atoms with Gasteiger partial charge in [0, 0.05) is 15.6 Å². The van der Waals surface area contributed by atoms with Crippen molar-refractivity contribution in [3.63, 3.8) is 0 Å². The molecule has 0 unspecified atom stereocenters. The Kier molecular flexibility index (Phi) is 4.70. The van der Waals surface area contributed by atoms with E-state index >= 15 is 0 Å². The van der Waals surface area contributed by atoms with Gasteiger partial charge >= 0.3 is 0 Å². The highest BCUT2D eigenvalue weighted by Gasteiger charge is 2.07. The molecule has 0 fully saturated rings. The van der Waals surface area contributed by atoms with Gasteiger partial charge in [-0.2, -0.15) is 0 Å². The van der Waals surface area contributed by atoms with Crippen LogP contribution < -0.4 is 4.74 Å². The Hall–Kier alpha value is -1.22. The van der Waals surface area contributed by atoms with Gasteiger partial charge in [-0.15, -0.1) is 0 Å². The maximum absolute atomic E-state index is 9.31. The molecule has 19 heavy (non-hydrogen) atoms. The molecular weight excluding hydrogens is 283 g/mol. The molecule has 0 atom stereocenters. The van der Waals surface area contributed by atoms with Crippen LogP contribution in [0, 0.1) is 0 Å². The zero-order valence-corrected chi connectivity index (χ0v) is 12.0. The standard InChI is InChI=1S/C15H14Cl2O2/c1-2-10-8-13(4-5-14(10)17)19-15-6-3-12(16)7-11(15)9-18/h3-8,18H,2,9H2,1H3. The Morgan fingerprint density at radius 2 is 1.84 bits per heavy atom. The van der Waals surface area contributed by atoms with Crippen molar-refractivity contribution in [1.82, 2.24) is 0 Å². The molecule has 0 amide bonds. The molecule has 1 N–H and O–H groups in total. The molecule has 0 saturated carbocycles. The summed E-state index contributed by atoms with van der Waals surface area (Å²) in [6.45, 7) is 1.91. The summed E-state index contributed by atoms with van der Waals surface area (Å²) in [5, 5.41) is 10.6. The molecule has 0 aliphatic rings. The maximum atomic E-state index is 9.31. The van der Waals surface area contributed by atoms with Gasteiger partial charge in [-0.1, -0.05) is 30.1 Å². The van der Waals surface area contributed by atoms with Crippen LogP contribution in [-0.2, 0) is 13.0 Å². The third-order valence-electron chi connectivity index (χ3n) is 2.82. The van der Waals surface area contributed by atoms with E-state index in [9.17, 15) is 5.11 Å². The fourth-order valence-corrected chi connectivity index (χ4v) is 2.23. The van der Waals surface area contributed by atoms with E-state index in [-0.39, 0.29) is 6.61 Å². The lowest BCUT2D eigenvalue weighted by Gasteiger charge is -2.11. The molecule has 100 valence electrons. The van der Waals surface area contributed by atoms with Crippen molar-refractivity contribution in [2.75, 3.05) is 0 Å². The zero-order chi connectivity index (χ0) is 13.8. The summed E-state index contributed by atoms with van der Waals surface area (Å²) in [5.41, 5.74) is 1.68. The van der Waals surface area contributed by atoms with Gasteiger partial charge in [0.25, 0.3) is 0 Å². The monoisotopic (exact) mass is 296 g/mol.